The zero-order chi connectivity index (χ0) is 16.5. The van der Waals surface area contributed by atoms with E-state index in [0.717, 1.165) is 18.2 Å². The molecule has 0 aliphatic heterocycles. The van der Waals surface area contributed by atoms with Crippen LogP contribution in [0, 0.1) is 0 Å². The maximum atomic E-state index is 12.6. The molecule has 0 saturated heterocycles. The number of nitrogens with zero attached hydrogens (tertiary/aromatic N) is 1. The Bertz CT molecular complexity index is 811. The zero-order valence-corrected chi connectivity index (χ0v) is 15.4. The van der Waals surface area contributed by atoms with E-state index in [0.29, 0.717) is 0 Å². The number of aromatic nitrogens is 1. The summed E-state index contributed by atoms with van der Waals surface area (Å²) in [6.45, 7) is 0. The minimum absolute atomic E-state index is 0. The predicted molar refractivity (Wildman–Crippen MR) is 77.4 cm³/mol. The monoisotopic (exact) mass is 474 g/mol. The number of pyridine rings is 1. The summed E-state index contributed by atoms with van der Waals surface area (Å²) in [6.07, 6.45) is -3.06. The smallest absolute Gasteiger partial charge is 0.416 e. The first-order valence-corrected chi connectivity index (χ1v) is 8.39. The van der Waals surface area contributed by atoms with E-state index in [9.17, 15) is 21.6 Å². The number of rotatable bonds is 3. The van der Waals surface area contributed by atoms with Gasteiger partial charge in [0.15, 0.2) is 5.88 Å². The Hall–Kier alpha value is -1.13. The summed E-state index contributed by atoms with van der Waals surface area (Å²) in [4.78, 5) is -0.226. The Morgan fingerprint density at radius 3 is 2.35 bits per heavy atom. The van der Waals surface area contributed by atoms with E-state index in [1.54, 1.807) is 12.1 Å². The summed E-state index contributed by atoms with van der Waals surface area (Å²) in [7, 11) is -3.86. The average Bonchev–Trinajstić information content (AvgIpc) is 2.40. The SMILES string of the molecule is Nc1cccc[n+]1CS(=O)(=O)c1ccc(C(F)(F)F)cc1Br.[Br-]. The topological polar surface area (TPSA) is 64.0 Å². The maximum Gasteiger partial charge on any atom is 0.416 e. The Kier molecular flexibility index (Phi) is 6.22. The van der Waals surface area contributed by atoms with Gasteiger partial charge in [0.1, 0.15) is 0 Å². The van der Waals surface area contributed by atoms with Gasteiger partial charge in [0.25, 0.3) is 5.82 Å². The molecular formula is C13H11Br2F3N2O2S. The largest absolute Gasteiger partial charge is 1.00 e. The number of halogens is 5. The number of nitrogens with two attached hydrogens (primary N) is 1. The van der Waals surface area contributed by atoms with Crippen LogP contribution in [0.25, 0.3) is 0 Å². The molecule has 0 amide bonds. The summed E-state index contributed by atoms with van der Waals surface area (Å²) >= 11 is 2.89. The second-order valence-corrected chi connectivity index (χ2v) is 7.26. The third-order valence-electron chi connectivity index (χ3n) is 2.88. The second kappa shape index (κ2) is 7.18. The molecule has 1 aromatic carbocycles. The molecule has 0 radical (unpaired) electrons. The first-order chi connectivity index (χ1) is 10.1. The fourth-order valence-corrected chi connectivity index (χ4v) is 4.28. The van der Waals surface area contributed by atoms with Crippen molar-refractivity contribution in [1.82, 2.24) is 0 Å². The number of sulfone groups is 1. The van der Waals surface area contributed by atoms with Crippen LogP contribution in [0.4, 0.5) is 19.0 Å². The molecule has 2 rings (SSSR count). The van der Waals surface area contributed by atoms with Crippen LogP contribution in [0.5, 0.6) is 0 Å². The lowest BCUT2D eigenvalue weighted by molar-refractivity contribution is -0.662. The Morgan fingerprint density at radius 2 is 1.83 bits per heavy atom. The molecule has 0 aliphatic rings. The lowest BCUT2D eigenvalue weighted by atomic mass is 10.2. The average molecular weight is 476 g/mol. The normalized spacial score (nSPS) is 11.8. The quantitative estimate of drug-likeness (QED) is 0.624. The third kappa shape index (κ3) is 4.67. The van der Waals surface area contributed by atoms with Crippen LogP contribution >= 0.6 is 15.9 Å². The van der Waals surface area contributed by atoms with E-state index in [1.165, 1.54) is 16.8 Å². The number of benzene rings is 1. The summed E-state index contributed by atoms with van der Waals surface area (Å²) in [5, 5.41) is 0. The van der Waals surface area contributed by atoms with Crippen LogP contribution in [0.15, 0.2) is 52.0 Å². The van der Waals surface area contributed by atoms with Gasteiger partial charge in [0, 0.05) is 10.5 Å². The highest BCUT2D eigenvalue weighted by Crippen LogP contribution is 2.33. The lowest BCUT2D eigenvalue weighted by Gasteiger charge is -2.10. The van der Waals surface area contributed by atoms with Gasteiger partial charge >= 0.3 is 6.18 Å². The number of hydrogen-bond donors (Lipinski definition) is 1. The Labute approximate surface area is 149 Å². The van der Waals surface area contributed by atoms with Crippen LogP contribution in [0.2, 0.25) is 0 Å². The van der Waals surface area contributed by atoms with E-state index < -0.39 is 27.5 Å². The van der Waals surface area contributed by atoms with Crippen molar-refractivity contribution in [3.05, 3.63) is 52.6 Å². The molecule has 1 heterocycles. The fourth-order valence-electron chi connectivity index (χ4n) is 1.79. The molecule has 0 unspecified atom stereocenters. The minimum atomic E-state index is -4.54. The van der Waals surface area contributed by atoms with Gasteiger partial charge in [-0.15, -0.1) is 0 Å². The number of hydrogen-bond acceptors (Lipinski definition) is 3. The van der Waals surface area contributed by atoms with Crippen molar-refractivity contribution < 1.29 is 43.1 Å². The summed E-state index contributed by atoms with van der Waals surface area (Å²) in [5.74, 6) is -0.238. The Balaban J connectivity index is 0.00000264. The van der Waals surface area contributed by atoms with Gasteiger partial charge in [0.05, 0.1) is 16.7 Å². The van der Waals surface area contributed by atoms with Gasteiger partial charge in [-0.25, -0.2) is 13.0 Å². The van der Waals surface area contributed by atoms with Gasteiger partial charge in [-0.1, -0.05) is 6.07 Å². The number of alkyl halides is 3. The van der Waals surface area contributed by atoms with Crippen LogP contribution in [0.3, 0.4) is 0 Å². The number of anilines is 1. The lowest BCUT2D eigenvalue weighted by Crippen LogP contribution is -3.00. The van der Waals surface area contributed by atoms with E-state index in [4.69, 9.17) is 5.73 Å². The predicted octanol–water partition coefficient (Wildman–Crippen LogP) is -0.227. The highest BCUT2D eigenvalue weighted by molar-refractivity contribution is 9.10. The zero-order valence-electron chi connectivity index (χ0n) is 11.4. The van der Waals surface area contributed by atoms with Crippen molar-refractivity contribution in [1.29, 1.82) is 0 Å². The minimum Gasteiger partial charge on any atom is -1.00 e. The maximum absolute atomic E-state index is 12.6. The van der Waals surface area contributed by atoms with E-state index in [2.05, 4.69) is 15.9 Å². The summed E-state index contributed by atoms with van der Waals surface area (Å²) in [5.41, 5.74) is 4.74. The van der Waals surface area contributed by atoms with Crippen LogP contribution in [0.1, 0.15) is 5.56 Å². The molecule has 2 N–H and O–H groups in total. The molecule has 0 saturated carbocycles. The van der Waals surface area contributed by atoms with Crippen LogP contribution < -0.4 is 27.3 Å². The van der Waals surface area contributed by atoms with Crippen molar-refractivity contribution in [2.75, 3.05) is 5.73 Å². The van der Waals surface area contributed by atoms with Crippen molar-refractivity contribution >= 4 is 31.6 Å². The molecule has 0 spiro atoms. The molecule has 0 bridgehead atoms. The van der Waals surface area contributed by atoms with Crippen molar-refractivity contribution in [2.24, 2.45) is 0 Å². The van der Waals surface area contributed by atoms with Crippen molar-refractivity contribution in [3.63, 3.8) is 0 Å². The highest BCUT2D eigenvalue weighted by atomic mass is 79.9. The van der Waals surface area contributed by atoms with Crippen LogP contribution in [-0.4, -0.2) is 8.42 Å². The van der Waals surface area contributed by atoms with Crippen molar-refractivity contribution in [3.8, 4) is 0 Å². The van der Waals surface area contributed by atoms with Gasteiger partial charge in [0.2, 0.25) is 9.84 Å². The summed E-state index contributed by atoms with van der Waals surface area (Å²) < 4.78 is 63.7. The van der Waals surface area contributed by atoms with Crippen LogP contribution in [-0.2, 0) is 21.9 Å². The molecule has 10 heteroatoms. The molecule has 0 fully saturated rings. The van der Waals surface area contributed by atoms with Gasteiger partial charge in [-0.3, -0.25) is 5.73 Å². The molecule has 23 heavy (non-hydrogen) atoms. The molecule has 1 aromatic heterocycles. The summed E-state index contributed by atoms with van der Waals surface area (Å²) in [6, 6.07) is 7.18. The van der Waals surface area contributed by atoms with E-state index in [-0.39, 0.29) is 32.2 Å². The van der Waals surface area contributed by atoms with Gasteiger partial charge < -0.3 is 17.0 Å². The number of nitrogen functional groups attached to an aromatic ring is 1. The Morgan fingerprint density at radius 1 is 1.17 bits per heavy atom. The third-order valence-corrected chi connectivity index (χ3v) is 5.44. The second-order valence-electron chi connectivity index (χ2n) is 4.48. The molecular weight excluding hydrogens is 465 g/mol. The first kappa shape index (κ1) is 19.9. The molecule has 0 atom stereocenters. The highest BCUT2D eigenvalue weighted by Gasteiger charge is 2.32. The van der Waals surface area contributed by atoms with Crippen molar-refractivity contribution in [2.45, 2.75) is 16.9 Å². The fraction of sp³-hybridized carbons (Fsp3) is 0.154. The first-order valence-electron chi connectivity index (χ1n) is 5.95. The molecule has 126 valence electrons. The molecule has 4 nitrogen and oxygen atoms in total. The van der Waals surface area contributed by atoms with Gasteiger partial charge in [-0.2, -0.15) is 13.2 Å². The van der Waals surface area contributed by atoms with E-state index >= 15 is 0 Å². The molecule has 0 aliphatic carbocycles. The van der Waals surface area contributed by atoms with E-state index in [1.807, 2.05) is 0 Å². The van der Waals surface area contributed by atoms with Gasteiger partial charge in [-0.05, 0) is 40.2 Å². The standard InChI is InChI=1S/C13H10BrF3N2O2S.BrH/c14-10-7-9(13(15,16)17)4-5-11(10)22(20,21)8-19-6-2-1-3-12(19)18;/h1-7,18H,8H2;1H. The molecule has 2 aromatic rings.